The maximum absolute atomic E-state index is 5.81. The summed E-state index contributed by atoms with van der Waals surface area (Å²) in [5, 5.41) is 5.01. The molecule has 92 valence electrons. The lowest BCUT2D eigenvalue weighted by Crippen LogP contribution is -1.99. The molecule has 0 unspecified atom stereocenters. The van der Waals surface area contributed by atoms with Crippen LogP contribution in [0.15, 0.2) is 53.6 Å². The van der Waals surface area contributed by atoms with Crippen molar-refractivity contribution in [3.63, 3.8) is 0 Å². The maximum Gasteiger partial charge on any atom is 0.0648 e. The summed E-state index contributed by atoms with van der Waals surface area (Å²) < 4.78 is 0. The summed E-state index contributed by atoms with van der Waals surface area (Å²) in [7, 11) is 0. The number of anilines is 2. The first-order valence-corrected chi connectivity index (χ1v) is 5.95. The molecule has 0 spiro atoms. The molecule has 0 atom stereocenters. The van der Waals surface area contributed by atoms with Gasteiger partial charge in [0.15, 0.2) is 0 Å². The van der Waals surface area contributed by atoms with Gasteiger partial charge in [0.25, 0.3) is 0 Å². The summed E-state index contributed by atoms with van der Waals surface area (Å²) in [4.78, 5) is 0. The van der Waals surface area contributed by atoms with Gasteiger partial charge in [-0.2, -0.15) is 5.10 Å². The van der Waals surface area contributed by atoms with E-state index in [1.807, 2.05) is 55.5 Å². The van der Waals surface area contributed by atoms with Crippen LogP contribution in [0, 0.1) is 0 Å². The fourth-order valence-electron chi connectivity index (χ4n) is 1.46. The first kappa shape index (κ1) is 12.5. The number of nitrogen functional groups attached to an aromatic ring is 1. The van der Waals surface area contributed by atoms with Crippen molar-refractivity contribution in [3.8, 4) is 0 Å². The zero-order chi connectivity index (χ0) is 13.0. The molecule has 0 amide bonds. The summed E-state index contributed by atoms with van der Waals surface area (Å²) in [6.45, 7) is 1.94. The summed E-state index contributed by atoms with van der Waals surface area (Å²) in [5.74, 6) is 0. The average Bonchev–Trinajstić information content (AvgIpc) is 2.38. The van der Waals surface area contributed by atoms with Crippen molar-refractivity contribution in [1.82, 2.24) is 0 Å². The average molecular weight is 260 g/mol. The van der Waals surface area contributed by atoms with Crippen molar-refractivity contribution < 1.29 is 0 Å². The number of benzene rings is 2. The van der Waals surface area contributed by atoms with E-state index in [1.165, 1.54) is 0 Å². The zero-order valence-electron chi connectivity index (χ0n) is 10.0. The second kappa shape index (κ2) is 5.56. The van der Waals surface area contributed by atoms with E-state index in [-0.39, 0.29) is 0 Å². The minimum absolute atomic E-state index is 0.708. The van der Waals surface area contributed by atoms with Gasteiger partial charge in [0.1, 0.15) is 0 Å². The molecule has 0 aliphatic rings. The SMILES string of the molecule is C/C(=N/Nc1ccc(Cl)cc1)c1ccc(N)cc1. The van der Waals surface area contributed by atoms with Crippen molar-refractivity contribution in [1.29, 1.82) is 0 Å². The number of halogens is 1. The molecule has 3 N–H and O–H groups in total. The van der Waals surface area contributed by atoms with Gasteiger partial charge in [0.05, 0.1) is 11.4 Å². The Kier molecular flexibility index (Phi) is 3.85. The molecule has 0 radical (unpaired) electrons. The quantitative estimate of drug-likeness (QED) is 0.501. The predicted octanol–water partition coefficient (Wildman–Crippen LogP) is 3.76. The fourth-order valence-corrected chi connectivity index (χ4v) is 1.59. The molecule has 0 fully saturated rings. The molecule has 2 aromatic carbocycles. The number of nitrogens with two attached hydrogens (primary N) is 1. The van der Waals surface area contributed by atoms with Crippen LogP contribution in [0.2, 0.25) is 5.02 Å². The number of nitrogens with one attached hydrogen (secondary N) is 1. The Morgan fingerprint density at radius 1 is 1.06 bits per heavy atom. The molecule has 0 saturated heterocycles. The van der Waals surface area contributed by atoms with E-state index in [2.05, 4.69) is 10.5 Å². The monoisotopic (exact) mass is 259 g/mol. The van der Waals surface area contributed by atoms with Gasteiger partial charge in [-0.05, 0) is 48.9 Å². The van der Waals surface area contributed by atoms with Crippen LogP contribution in [0.5, 0.6) is 0 Å². The molecule has 0 bridgehead atoms. The lowest BCUT2D eigenvalue weighted by Gasteiger charge is -2.04. The first-order chi connectivity index (χ1) is 8.65. The lowest BCUT2D eigenvalue weighted by molar-refractivity contribution is 1.32. The molecule has 0 heterocycles. The zero-order valence-corrected chi connectivity index (χ0v) is 10.8. The molecule has 0 saturated carbocycles. The van der Waals surface area contributed by atoms with Crippen molar-refractivity contribution in [2.75, 3.05) is 11.2 Å². The smallest absolute Gasteiger partial charge is 0.0648 e. The number of hydrogen-bond donors (Lipinski definition) is 2. The standard InChI is InChI=1S/C14H14ClN3/c1-10(11-2-6-13(16)7-3-11)17-18-14-8-4-12(15)5-9-14/h2-9,18H,16H2,1H3/b17-10-. The van der Waals surface area contributed by atoms with Crippen molar-refractivity contribution >= 4 is 28.7 Å². The van der Waals surface area contributed by atoms with Crippen LogP contribution in [0.1, 0.15) is 12.5 Å². The van der Waals surface area contributed by atoms with E-state index < -0.39 is 0 Å². The summed E-state index contributed by atoms with van der Waals surface area (Å²) >= 11 is 5.81. The second-order valence-electron chi connectivity index (χ2n) is 3.94. The highest BCUT2D eigenvalue weighted by Crippen LogP contribution is 2.14. The van der Waals surface area contributed by atoms with Gasteiger partial charge in [-0.3, -0.25) is 5.43 Å². The van der Waals surface area contributed by atoms with Gasteiger partial charge in [0.2, 0.25) is 0 Å². The Labute approximate surface area is 111 Å². The molecule has 18 heavy (non-hydrogen) atoms. The van der Waals surface area contributed by atoms with Crippen LogP contribution >= 0.6 is 11.6 Å². The Morgan fingerprint density at radius 3 is 2.28 bits per heavy atom. The van der Waals surface area contributed by atoms with E-state index in [9.17, 15) is 0 Å². The van der Waals surface area contributed by atoms with E-state index >= 15 is 0 Å². The van der Waals surface area contributed by atoms with Gasteiger partial charge in [0, 0.05) is 10.7 Å². The Hall–Kier alpha value is -2.00. The minimum atomic E-state index is 0.708. The molecular formula is C14H14ClN3. The van der Waals surface area contributed by atoms with Crippen LogP contribution < -0.4 is 11.2 Å². The molecule has 2 aromatic rings. The molecule has 0 aliphatic heterocycles. The molecule has 3 nitrogen and oxygen atoms in total. The molecular weight excluding hydrogens is 246 g/mol. The highest BCUT2D eigenvalue weighted by molar-refractivity contribution is 6.30. The number of hydrazone groups is 1. The first-order valence-electron chi connectivity index (χ1n) is 5.57. The minimum Gasteiger partial charge on any atom is -0.399 e. The normalized spacial score (nSPS) is 11.3. The highest BCUT2D eigenvalue weighted by Gasteiger charge is 1.97. The largest absolute Gasteiger partial charge is 0.399 e. The number of hydrogen-bond acceptors (Lipinski definition) is 3. The topological polar surface area (TPSA) is 50.4 Å². The van der Waals surface area contributed by atoms with Crippen molar-refractivity contribution in [2.45, 2.75) is 6.92 Å². The van der Waals surface area contributed by atoms with E-state index in [4.69, 9.17) is 17.3 Å². The summed E-state index contributed by atoms with van der Waals surface area (Å²) in [6.07, 6.45) is 0. The van der Waals surface area contributed by atoms with Crippen LogP contribution in [0.25, 0.3) is 0 Å². The highest BCUT2D eigenvalue weighted by atomic mass is 35.5. The van der Waals surface area contributed by atoms with Crippen LogP contribution in [-0.4, -0.2) is 5.71 Å². The molecule has 2 rings (SSSR count). The Balaban J connectivity index is 2.09. The third-order valence-electron chi connectivity index (χ3n) is 2.53. The van der Waals surface area contributed by atoms with Crippen LogP contribution in [-0.2, 0) is 0 Å². The van der Waals surface area contributed by atoms with Crippen molar-refractivity contribution in [2.24, 2.45) is 5.10 Å². The van der Waals surface area contributed by atoms with Gasteiger partial charge in [-0.1, -0.05) is 23.7 Å². The molecule has 0 aromatic heterocycles. The number of nitrogens with zero attached hydrogens (tertiary/aromatic N) is 1. The van der Waals surface area contributed by atoms with Gasteiger partial charge >= 0.3 is 0 Å². The summed E-state index contributed by atoms with van der Waals surface area (Å²) in [5.41, 5.74) is 12.2. The van der Waals surface area contributed by atoms with Crippen LogP contribution in [0.3, 0.4) is 0 Å². The third kappa shape index (κ3) is 3.25. The molecule has 4 heteroatoms. The Morgan fingerprint density at radius 2 is 1.67 bits per heavy atom. The van der Waals surface area contributed by atoms with Gasteiger partial charge in [-0.25, -0.2) is 0 Å². The van der Waals surface area contributed by atoms with E-state index in [1.54, 1.807) is 0 Å². The van der Waals surface area contributed by atoms with E-state index in [0.717, 1.165) is 22.6 Å². The molecule has 0 aliphatic carbocycles. The lowest BCUT2D eigenvalue weighted by atomic mass is 10.1. The fraction of sp³-hybridized carbons (Fsp3) is 0.0714. The van der Waals surface area contributed by atoms with E-state index in [0.29, 0.717) is 5.02 Å². The Bertz CT molecular complexity index is 544. The van der Waals surface area contributed by atoms with Crippen LogP contribution in [0.4, 0.5) is 11.4 Å². The predicted molar refractivity (Wildman–Crippen MR) is 78.1 cm³/mol. The van der Waals surface area contributed by atoms with Gasteiger partial charge in [-0.15, -0.1) is 0 Å². The van der Waals surface area contributed by atoms with Crippen molar-refractivity contribution in [3.05, 3.63) is 59.1 Å². The van der Waals surface area contributed by atoms with Gasteiger partial charge < -0.3 is 5.73 Å². The second-order valence-corrected chi connectivity index (χ2v) is 4.37. The third-order valence-corrected chi connectivity index (χ3v) is 2.78. The number of rotatable bonds is 3. The maximum atomic E-state index is 5.81. The summed E-state index contributed by atoms with van der Waals surface area (Å²) in [6, 6.07) is 15.0.